The van der Waals surface area contributed by atoms with E-state index in [2.05, 4.69) is 5.32 Å². The van der Waals surface area contributed by atoms with Crippen molar-refractivity contribution in [2.24, 2.45) is 5.92 Å². The average Bonchev–Trinajstić information content (AvgIpc) is 3.43. The Hall–Kier alpha value is -4.06. The number of fused-ring (bicyclic) bond motifs is 2. The zero-order valence-corrected chi connectivity index (χ0v) is 25.7. The monoisotopic (exact) mass is 635 g/mol. The number of nitrogens with zero attached hydrogens (tertiary/aromatic N) is 2. The van der Waals surface area contributed by atoms with E-state index in [0.29, 0.717) is 43.4 Å². The third-order valence-corrected chi connectivity index (χ3v) is 10.4. The predicted octanol–water partition coefficient (Wildman–Crippen LogP) is 5.32. The molecule has 1 N–H and O–H groups in total. The van der Waals surface area contributed by atoms with Gasteiger partial charge in [0, 0.05) is 21.5 Å². The van der Waals surface area contributed by atoms with Crippen LogP contribution in [0.3, 0.4) is 0 Å². The summed E-state index contributed by atoms with van der Waals surface area (Å²) in [7, 11) is 3.04. The molecule has 0 aliphatic carbocycles. The molecule has 3 atom stereocenters. The highest BCUT2D eigenvalue weighted by molar-refractivity contribution is 8.00. The first-order chi connectivity index (χ1) is 20.7. The lowest BCUT2D eigenvalue weighted by molar-refractivity contribution is -0.122. The second-order valence-corrected chi connectivity index (χ2v) is 12.7. The number of benzene rings is 3. The van der Waals surface area contributed by atoms with E-state index in [9.17, 15) is 19.2 Å². The summed E-state index contributed by atoms with van der Waals surface area (Å²) >= 11 is 8.20. The smallest absolute Gasteiger partial charge is 0.308 e. The third kappa shape index (κ3) is 5.21. The molecule has 1 fully saturated rings. The molecular formula is C31H26ClN3O6S2. The van der Waals surface area contributed by atoms with Crippen molar-refractivity contribution in [1.29, 1.82) is 0 Å². The lowest BCUT2D eigenvalue weighted by Crippen LogP contribution is -2.33. The van der Waals surface area contributed by atoms with E-state index in [0.717, 1.165) is 28.7 Å². The van der Waals surface area contributed by atoms with Gasteiger partial charge in [0.15, 0.2) is 11.5 Å². The van der Waals surface area contributed by atoms with Crippen molar-refractivity contribution in [1.82, 2.24) is 4.57 Å². The number of amides is 3. The molecule has 0 spiro atoms. The quantitative estimate of drug-likeness (QED) is 0.274. The van der Waals surface area contributed by atoms with Crippen LogP contribution in [0.2, 0.25) is 5.02 Å². The molecule has 2 unspecified atom stereocenters. The molecule has 0 saturated carbocycles. The number of carbonyl (C=O) groups is 3. The summed E-state index contributed by atoms with van der Waals surface area (Å²) in [6, 6.07) is 19.2. The van der Waals surface area contributed by atoms with E-state index in [1.165, 1.54) is 23.7 Å². The molecule has 6 rings (SSSR count). The molecule has 0 radical (unpaired) electrons. The van der Waals surface area contributed by atoms with Crippen LogP contribution in [0.4, 0.5) is 11.4 Å². The summed E-state index contributed by atoms with van der Waals surface area (Å²) in [5.74, 6) is -1.64. The average molecular weight is 636 g/mol. The van der Waals surface area contributed by atoms with Gasteiger partial charge in [-0.05, 0) is 66.6 Å². The molecule has 3 aromatic carbocycles. The maximum Gasteiger partial charge on any atom is 0.308 e. The van der Waals surface area contributed by atoms with Crippen molar-refractivity contribution >= 4 is 63.8 Å². The van der Waals surface area contributed by atoms with Crippen molar-refractivity contribution in [2.45, 2.75) is 29.7 Å². The number of thiazole rings is 1. The van der Waals surface area contributed by atoms with Gasteiger partial charge < -0.3 is 14.8 Å². The predicted molar refractivity (Wildman–Crippen MR) is 167 cm³/mol. The molecule has 220 valence electrons. The number of hydrogen-bond donors (Lipinski definition) is 1. The van der Waals surface area contributed by atoms with Gasteiger partial charge in [0.2, 0.25) is 17.7 Å². The minimum atomic E-state index is -0.825. The maximum atomic E-state index is 14.1. The van der Waals surface area contributed by atoms with Crippen LogP contribution >= 0.6 is 34.7 Å². The number of anilines is 2. The number of halogens is 1. The minimum absolute atomic E-state index is 0.245. The fraction of sp³-hybridized carbons (Fsp3) is 0.226. The summed E-state index contributed by atoms with van der Waals surface area (Å²) in [5.41, 5.74) is 2.70. The molecule has 12 heteroatoms. The van der Waals surface area contributed by atoms with Gasteiger partial charge in [0.05, 0.1) is 30.9 Å². The van der Waals surface area contributed by atoms with Gasteiger partial charge in [-0.2, -0.15) is 0 Å². The van der Waals surface area contributed by atoms with Gasteiger partial charge in [0.25, 0.3) is 0 Å². The van der Waals surface area contributed by atoms with E-state index >= 15 is 0 Å². The highest BCUT2D eigenvalue weighted by Gasteiger charge is 2.57. The van der Waals surface area contributed by atoms with Gasteiger partial charge in [-0.1, -0.05) is 52.9 Å². The molecule has 1 saturated heterocycles. The standard InChI is InChI=1S/C31H26ClN3O6S2/c1-16-5-4-6-19(13-16)33-23(36)15-34-30-27(43-31(34)39)24(17-7-12-21(40-2)22(14-17)41-3)25-26(42-30)29(38)35(28(25)37)20-10-8-18(32)9-11-20/h4-14,24-26H,15H2,1-3H3,(H,33,36)/t24-,25?,26?/m1/s1. The number of ether oxygens (including phenoxy) is 2. The fourth-order valence-corrected chi connectivity index (χ4v) is 8.47. The van der Waals surface area contributed by atoms with Crippen LogP contribution in [0.25, 0.3) is 0 Å². The Bertz CT molecular complexity index is 1820. The van der Waals surface area contributed by atoms with Gasteiger partial charge in [0.1, 0.15) is 11.8 Å². The summed E-state index contributed by atoms with van der Waals surface area (Å²) in [6.07, 6.45) is 0. The Morgan fingerprint density at radius 3 is 2.40 bits per heavy atom. The lowest BCUT2D eigenvalue weighted by Gasteiger charge is -2.31. The van der Waals surface area contributed by atoms with Gasteiger partial charge in [-0.15, -0.1) is 0 Å². The number of carbonyl (C=O) groups excluding carboxylic acids is 3. The van der Waals surface area contributed by atoms with Gasteiger partial charge in [-0.25, -0.2) is 4.90 Å². The lowest BCUT2D eigenvalue weighted by atomic mass is 9.83. The topological polar surface area (TPSA) is 107 Å². The van der Waals surface area contributed by atoms with Crippen molar-refractivity contribution < 1.29 is 23.9 Å². The second kappa shape index (κ2) is 11.6. The van der Waals surface area contributed by atoms with Crippen molar-refractivity contribution in [2.75, 3.05) is 24.4 Å². The van der Waals surface area contributed by atoms with E-state index < -0.39 is 23.0 Å². The zero-order chi connectivity index (χ0) is 30.4. The number of imide groups is 1. The molecule has 43 heavy (non-hydrogen) atoms. The molecule has 0 bridgehead atoms. The maximum absolute atomic E-state index is 14.1. The number of rotatable bonds is 7. The molecule has 1 aromatic heterocycles. The number of hydrogen-bond acceptors (Lipinski definition) is 8. The van der Waals surface area contributed by atoms with Crippen LogP contribution in [0.5, 0.6) is 11.5 Å². The van der Waals surface area contributed by atoms with Gasteiger partial charge in [-0.3, -0.25) is 23.7 Å². The summed E-state index contributed by atoms with van der Waals surface area (Å²) in [5, 5.41) is 3.00. The van der Waals surface area contributed by atoms with Crippen LogP contribution in [-0.2, 0) is 20.9 Å². The number of aryl methyl sites for hydroxylation is 1. The molecule has 4 aromatic rings. The van der Waals surface area contributed by atoms with Crippen molar-refractivity contribution in [3.05, 3.63) is 97.4 Å². The second-order valence-electron chi connectivity index (χ2n) is 10.2. The number of thioether (sulfide) groups is 1. The first-order valence-corrected chi connectivity index (χ1v) is 15.4. The minimum Gasteiger partial charge on any atom is -0.493 e. The van der Waals surface area contributed by atoms with E-state index in [4.69, 9.17) is 21.1 Å². The molecule has 9 nitrogen and oxygen atoms in total. The van der Waals surface area contributed by atoms with E-state index in [-0.39, 0.29) is 23.2 Å². The van der Waals surface area contributed by atoms with Crippen LogP contribution < -0.4 is 24.6 Å². The molecule has 3 heterocycles. The van der Waals surface area contributed by atoms with E-state index in [1.807, 2.05) is 31.2 Å². The van der Waals surface area contributed by atoms with Crippen molar-refractivity contribution in [3.8, 4) is 11.5 Å². The van der Waals surface area contributed by atoms with E-state index in [1.54, 1.807) is 42.5 Å². The molecule has 2 aliphatic rings. The number of aromatic nitrogens is 1. The SMILES string of the molecule is COc1ccc([C@H]2c3sc(=O)n(CC(=O)Nc4cccc(C)c4)c3SC3C(=O)N(c4ccc(Cl)cc4)C(=O)C32)cc1OC. The molecular weight excluding hydrogens is 610 g/mol. The Labute approximate surface area is 260 Å². The Morgan fingerprint density at radius 1 is 0.953 bits per heavy atom. The summed E-state index contributed by atoms with van der Waals surface area (Å²) < 4.78 is 12.3. The van der Waals surface area contributed by atoms with Gasteiger partial charge >= 0.3 is 4.87 Å². The Kier molecular flexibility index (Phi) is 7.80. The first kappa shape index (κ1) is 29.0. The summed E-state index contributed by atoms with van der Waals surface area (Å²) in [4.78, 5) is 55.9. The van der Waals surface area contributed by atoms with Crippen molar-refractivity contribution in [3.63, 3.8) is 0 Å². The van der Waals surface area contributed by atoms with Crippen LogP contribution in [0, 0.1) is 12.8 Å². The first-order valence-electron chi connectivity index (χ1n) is 13.3. The van der Waals surface area contributed by atoms with Crippen LogP contribution in [0.1, 0.15) is 21.9 Å². The Morgan fingerprint density at radius 2 is 1.70 bits per heavy atom. The number of methoxy groups -OCH3 is 2. The van der Waals surface area contributed by atoms with Crippen LogP contribution in [0.15, 0.2) is 76.6 Å². The summed E-state index contributed by atoms with van der Waals surface area (Å²) in [6.45, 7) is 1.68. The third-order valence-electron chi connectivity index (χ3n) is 7.50. The largest absolute Gasteiger partial charge is 0.493 e. The van der Waals surface area contributed by atoms with Crippen LogP contribution in [-0.4, -0.2) is 41.8 Å². The highest BCUT2D eigenvalue weighted by Crippen LogP contribution is 2.54. The number of nitrogens with one attached hydrogen (secondary N) is 1. The highest BCUT2D eigenvalue weighted by atomic mass is 35.5. The fourth-order valence-electron chi connectivity index (χ4n) is 5.57. The Balaban J connectivity index is 1.44. The molecule has 2 aliphatic heterocycles. The zero-order valence-electron chi connectivity index (χ0n) is 23.3. The normalized spacial score (nSPS) is 19.2. The molecule has 3 amide bonds.